The Balaban J connectivity index is 2.01. The van der Waals surface area contributed by atoms with Crippen molar-refractivity contribution in [3.8, 4) is 0 Å². The van der Waals surface area contributed by atoms with E-state index in [1.807, 2.05) is 0 Å². The van der Waals surface area contributed by atoms with Gasteiger partial charge in [-0.2, -0.15) is 0 Å². The van der Waals surface area contributed by atoms with E-state index < -0.39 is 6.29 Å². The Kier molecular flexibility index (Phi) is 2.45. The zero-order chi connectivity index (χ0) is 6.69. The molecule has 0 aromatic rings. The summed E-state index contributed by atoms with van der Waals surface area (Å²) in [6, 6.07) is 0. The average Bonchev–Trinajstić information content (AvgIpc) is 1.78. The molecule has 0 radical (unpaired) electrons. The maximum absolute atomic E-state index is 8.85. The van der Waals surface area contributed by atoms with Crippen molar-refractivity contribution < 1.29 is 9.84 Å². The van der Waals surface area contributed by atoms with Crippen molar-refractivity contribution in [2.75, 3.05) is 6.54 Å². The third-order valence-electron chi connectivity index (χ3n) is 1.60. The van der Waals surface area contributed by atoms with Crippen LogP contribution in [0.15, 0.2) is 0 Å². The van der Waals surface area contributed by atoms with Gasteiger partial charge in [0.15, 0.2) is 6.29 Å². The van der Waals surface area contributed by atoms with E-state index in [9.17, 15) is 0 Å². The minimum atomic E-state index is -0.740. The average molecular weight is 131 g/mol. The van der Waals surface area contributed by atoms with Crippen LogP contribution < -0.4 is 5.73 Å². The molecular weight excluding hydrogens is 118 g/mol. The molecule has 54 valence electrons. The molecule has 1 saturated carbocycles. The molecule has 3 heteroatoms. The Bertz CT molecular complexity index is 80.4. The van der Waals surface area contributed by atoms with Gasteiger partial charge in [0, 0.05) is 6.54 Å². The largest absolute Gasteiger partial charge is 0.367 e. The third-order valence-corrected chi connectivity index (χ3v) is 1.60. The number of hydrogen-bond acceptors (Lipinski definition) is 3. The van der Waals surface area contributed by atoms with Crippen LogP contribution in [0.25, 0.3) is 0 Å². The summed E-state index contributed by atoms with van der Waals surface area (Å²) in [5.41, 5.74) is 5.12. The Morgan fingerprint density at radius 1 is 1.67 bits per heavy atom. The summed E-state index contributed by atoms with van der Waals surface area (Å²) in [5, 5.41) is 8.85. The fourth-order valence-electron chi connectivity index (χ4n) is 0.785. The van der Waals surface area contributed by atoms with Gasteiger partial charge < -0.3 is 15.6 Å². The van der Waals surface area contributed by atoms with E-state index in [0.717, 1.165) is 12.8 Å². The van der Waals surface area contributed by atoms with Gasteiger partial charge in [0.05, 0.1) is 6.10 Å². The number of nitrogens with two attached hydrogens (primary N) is 1. The van der Waals surface area contributed by atoms with Crippen molar-refractivity contribution in [3.05, 3.63) is 0 Å². The van der Waals surface area contributed by atoms with E-state index in [1.165, 1.54) is 6.42 Å². The molecule has 1 aliphatic rings. The molecule has 0 aliphatic heterocycles. The van der Waals surface area contributed by atoms with E-state index in [0.29, 0.717) is 0 Å². The van der Waals surface area contributed by atoms with Crippen molar-refractivity contribution in [1.29, 1.82) is 0 Å². The predicted molar refractivity (Wildman–Crippen MR) is 33.8 cm³/mol. The summed E-state index contributed by atoms with van der Waals surface area (Å²) in [6.45, 7) is 0.205. The Morgan fingerprint density at radius 3 is 2.67 bits per heavy atom. The quantitative estimate of drug-likeness (QED) is 0.523. The van der Waals surface area contributed by atoms with Gasteiger partial charge in [0.25, 0.3) is 0 Å². The lowest BCUT2D eigenvalue weighted by molar-refractivity contribution is -0.149. The van der Waals surface area contributed by atoms with Crippen LogP contribution in [0.5, 0.6) is 0 Å². The maximum atomic E-state index is 8.85. The summed E-state index contributed by atoms with van der Waals surface area (Å²) in [6.07, 6.45) is 2.93. The number of aliphatic hydroxyl groups excluding tert-OH is 1. The van der Waals surface area contributed by atoms with Gasteiger partial charge in [0.2, 0.25) is 0 Å². The summed E-state index contributed by atoms with van der Waals surface area (Å²) in [7, 11) is 0. The maximum Gasteiger partial charge on any atom is 0.167 e. The summed E-state index contributed by atoms with van der Waals surface area (Å²) < 4.78 is 5.07. The van der Waals surface area contributed by atoms with Crippen LogP contribution in [0.2, 0.25) is 0 Å². The molecule has 0 heterocycles. The van der Waals surface area contributed by atoms with Crippen LogP contribution in [0.1, 0.15) is 19.3 Å². The number of hydrogen-bond donors (Lipinski definition) is 2. The minimum absolute atomic E-state index is 0.205. The van der Waals surface area contributed by atoms with Gasteiger partial charge in [-0.1, -0.05) is 0 Å². The molecule has 3 nitrogen and oxygen atoms in total. The first-order valence-corrected chi connectivity index (χ1v) is 3.36. The van der Waals surface area contributed by atoms with Gasteiger partial charge in [-0.3, -0.25) is 0 Å². The second-order valence-corrected chi connectivity index (χ2v) is 2.38. The zero-order valence-electron chi connectivity index (χ0n) is 5.42. The summed E-state index contributed by atoms with van der Waals surface area (Å²) in [5.74, 6) is 0. The highest BCUT2D eigenvalue weighted by molar-refractivity contribution is 4.69. The number of aliphatic hydroxyl groups is 1. The molecule has 0 spiro atoms. The monoisotopic (exact) mass is 131 g/mol. The SMILES string of the molecule is NCC(O)OC1CCC1. The van der Waals surface area contributed by atoms with Crippen LogP contribution in [-0.4, -0.2) is 24.0 Å². The Morgan fingerprint density at radius 2 is 2.33 bits per heavy atom. The highest BCUT2D eigenvalue weighted by Crippen LogP contribution is 2.22. The van der Waals surface area contributed by atoms with Gasteiger partial charge >= 0.3 is 0 Å². The predicted octanol–water partition coefficient (Wildman–Crippen LogP) is -0.167. The minimum Gasteiger partial charge on any atom is -0.367 e. The van der Waals surface area contributed by atoms with Crippen LogP contribution in [-0.2, 0) is 4.74 Å². The van der Waals surface area contributed by atoms with E-state index in [4.69, 9.17) is 15.6 Å². The third kappa shape index (κ3) is 1.93. The summed E-state index contributed by atoms with van der Waals surface area (Å²) in [4.78, 5) is 0. The summed E-state index contributed by atoms with van der Waals surface area (Å²) >= 11 is 0. The number of ether oxygens (including phenoxy) is 1. The second-order valence-electron chi connectivity index (χ2n) is 2.38. The lowest BCUT2D eigenvalue weighted by atomic mass is 9.96. The van der Waals surface area contributed by atoms with Crippen molar-refractivity contribution >= 4 is 0 Å². The van der Waals surface area contributed by atoms with Crippen molar-refractivity contribution in [3.63, 3.8) is 0 Å². The van der Waals surface area contributed by atoms with E-state index >= 15 is 0 Å². The molecule has 3 N–H and O–H groups in total. The number of rotatable bonds is 3. The van der Waals surface area contributed by atoms with Crippen LogP contribution >= 0.6 is 0 Å². The fourth-order valence-corrected chi connectivity index (χ4v) is 0.785. The lowest BCUT2D eigenvalue weighted by Crippen LogP contribution is -2.32. The van der Waals surface area contributed by atoms with Crippen LogP contribution in [0, 0.1) is 0 Å². The molecule has 1 atom stereocenters. The highest BCUT2D eigenvalue weighted by atomic mass is 16.6. The van der Waals surface area contributed by atoms with Crippen LogP contribution in [0.4, 0.5) is 0 Å². The molecule has 0 aromatic carbocycles. The van der Waals surface area contributed by atoms with Gasteiger partial charge in [-0.05, 0) is 19.3 Å². The topological polar surface area (TPSA) is 55.5 Å². The molecule has 0 bridgehead atoms. The van der Waals surface area contributed by atoms with Gasteiger partial charge in [-0.25, -0.2) is 0 Å². The molecule has 0 saturated heterocycles. The molecular formula is C6H13NO2. The lowest BCUT2D eigenvalue weighted by Gasteiger charge is -2.27. The van der Waals surface area contributed by atoms with Gasteiger partial charge in [-0.15, -0.1) is 0 Å². The zero-order valence-corrected chi connectivity index (χ0v) is 5.42. The van der Waals surface area contributed by atoms with Crippen molar-refractivity contribution in [2.45, 2.75) is 31.7 Å². The Labute approximate surface area is 54.8 Å². The first-order chi connectivity index (χ1) is 4.33. The van der Waals surface area contributed by atoms with E-state index in [-0.39, 0.29) is 12.6 Å². The molecule has 0 amide bonds. The molecule has 1 unspecified atom stereocenters. The van der Waals surface area contributed by atoms with E-state index in [2.05, 4.69) is 0 Å². The second kappa shape index (κ2) is 3.15. The van der Waals surface area contributed by atoms with Crippen molar-refractivity contribution in [2.24, 2.45) is 5.73 Å². The molecule has 1 aliphatic carbocycles. The fraction of sp³-hybridized carbons (Fsp3) is 1.00. The Hall–Kier alpha value is -0.120. The molecule has 1 fully saturated rings. The standard InChI is InChI=1S/C6H13NO2/c7-4-6(8)9-5-2-1-3-5/h5-6,8H,1-4,7H2. The smallest absolute Gasteiger partial charge is 0.167 e. The molecule has 1 rings (SSSR count). The van der Waals surface area contributed by atoms with Crippen molar-refractivity contribution in [1.82, 2.24) is 0 Å². The van der Waals surface area contributed by atoms with Crippen LogP contribution in [0.3, 0.4) is 0 Å². The molecule has 9 heavy (non-hydrogen) atoms. The first kappa shape index (κ1) is 6.99. The highest BCUT2D eigenvalue weighted by Gasteiger charge is 2.20. The first-order valence-electron chi connectivity index (χ1n) is 3.36. The molecule has 0 aromatic heterocycles. The van der Waals surface area contributed by atoms with E-state index in [1.54, 1.807) is 0 Å². The van der Waals surface area contributed by atoms with Gasteiger partial charge in [0.1, 0.15) is 0 Å². The normalized spacial score (nSPS) is 23.3.